The van der Waals surface area contributed by atoms with Crippen LogP contribution in [-0.4, -0.2) is 72.5 Å². The van der Waals surface area contributed by atoms with Crippen molar-refractivity contribution in [3.05, 3.63) is 40.6 Å². The highest BCUT2D eigenvalue weighted by molar-refractivity contribution is 5.80. The van der Waals surface area contributed by atoms with Gasteiger partial charge in [-0.25, -0.2) is 0 Å². The summed E-state index contributed by atoms with van der Waals surface area (Å²) in [5.74, 6) is -0.703. The summed E-state index contributed by atoms with van der Waals surface area (Å²) in [6.45, 7) is -0.469. The molecule has 0 bridgehead atoms. The molecule has 1 fully saturated rings. The Morgan fingerprint density at radius 3 is 2.77 bits per heavy atom. The third kappa shape index (κ3) is 4.05. The van der Waals surface area contributed by atoms with E-state index in [0.717, 1.165) is 5.56 Å². The second-order valence-corrected chi connectivity index (χ2v) is 7.32. The zero-order valence-electron chi connectivity index (χ0n) is 16.3. The standard InChI is InChI=1S/C19H21N5O7/c25-7-11-14(28)15(29)19(31-11)23-16-13-17(21-8-20-16)24-6-9(2-1-3-12(26)27)4-5-10(24)18(30)22-13/h4-6,8,11,14-15,19,25,28-29H,1-3,7H2,(H2,26,27,30)/p+1/t11-,14-,15-,19?/m1/s1. The van der Waals surface area contributed by atoms with E-state index in [9.17, 15) is 24.9 Å². The summed E-state index contributed by atoms with van der Waals surface area (Å²) in [5, 5.41) is 41.0. The molecule has 1 saturated heterocycles. The highest BCUT2D eigenvalue weighted by atomic mass is 16.6. The second kappa shape index (κ2) is 8.51. The zero-order valence-corrected chi connectivity index (χ0v) is 16.3. The van der Waals surface area contributed by atoms with E-state index in [1.54, 1.807) is 22.7 Å². The lowest BCUT2D eigenvalue weighted by Crippen LogP contribution is -2.37. The SMILES string of the molecule is O=C(O)CCCc1ccc2c(=O)[nH]c3c(NC4O[C@H](CO)[C@@H](O)[C@H]4O)ncnc3[n+]2c1. The first-order valence-corrected chi connectivity index (χ1v) is 9.71. The largest absolute Gasteiger partial charge is 0.481 e. The van der Waals surface area contributed by atoms with Gasteiger partial charge in [0.2, 0.25) is 6.33 Å². The Kier molecular flexibility index (Phi) is 5.78. The van der Waals surface area contributed by atoms with E-state index in [1.807, 2.05) is 0 Å². The van der Waals surface area contributed by atoms with Crippen molar-refractivity contribution < 1.29 is 34.4 Å². The molecule has 0 spiro atoms. The van der Waals surface area contributed by atoms with Crippen LogP contribution in [0.4, 0.5) is 5.82 Å². The number of carboxylic acids is 1. The maximum Gasteiger partial charge on any atom is 0.357 e. The number of aryl methyl sites for hydroxylation is 1. The number of nitrogens with zero attached hydrogens (tertiary/aromatic N) is 3. The lowest BCUT2D eigenvalue weighted by atomic mass is 10.1. The van der Waals surface area contributed by atoms with Gasteiger partial charge in [-0.05, 0) is 29.5 Å². The third-order valence-corrected chi connectivity index (χ3v) is 5.21. The number of aliphatic carboxylic acids is 1. The first-order chi connectivity index (χ1) is 14.9. The number of aliphatic hydroxyl groups is 3. The summed E-state index contributed by atoms with van der Waals surface area (Å²) in [6, 6.07) is 3.40. The van der Waals surface area contributed by atoms with Crippen LogP contribution in [-0.2, 0) is 16.0 Å². The number of carboxylic acid groups (broad SMARTS) is 1. The number of hydrogen-bond acceptors (Lipinski definition) is 9. The van der Waals surface area contributed by atoms with Gasteiger partial charge in [0.1, 0.15) is 24.5 Å². The van der Waals surface area contributed by atoms with Gasteiger partial charge in [-0.15, -0.1) is 0 Å². The predicted molar refractivity (Wildman–Crippen MR) is 105 cm³/mol. The summed E-state index contributed by atoms with van der Waals surface area (Å²) in [7, 11) is 0. The maximum atomic E-state index is 12.6. The number of fused-ring (bicyclic) bond motifs is 3. The molecule has 3 aromatic heterocycles. The number of anilines is 1. The van der Waals surface area contributed by atoms with Gasteiger partial charge in [-0.1, -0.05) is 6.07 Å². The van der Waals surface area contributed by atoms with Gasteiger partial charge in [0.25, 0.3) is 5.56 Å². The van der Waals surface area contributed by atoms with Crippen molar-refractivity contribution in [2.75, 3.05) is 11.9 Å². The molecule has 12 nitrogen and oxygen atoms in total. The Morgan fingerprint density at radius 1 is 1.26 bits per heavy atom. The zero-order chi connectivity index (χ0) is 22.1. The van der Waals surface area contributed by atoms with Gasteiger partial charge in [0, 0.05) is 6.42 Å². The molecule has 12 heteroatoms. The van der Waals surface area contributed by atoms with Gasteiger partial charge >= 0.3 is 11.6 Å². The Labute approximate surface area is 174 Å². The van der Waals surface area contributed by atoms with E-state index < -0.39 is 42.7 Å². The molecule has 0 radical (unpaired) electrons. The number of nitrogens with one attached hydrogen (secondary N) is 2. The normalized spacial score (nSPS) is 23.5. The fraction of sp³-hybridized carbons (Fsp3) is 0.421. The summed E-state index contributed by atoms with van der Waals surface area (Å²) >= 11 is 0. The number of H-pyrrole nitrogens is 1. The van der Waals surface area contributed by atoms with Crippen LogP contribution >= 0.6 is 0 Å². The highest BCUT2D eigenvalue weighted by Gasteiger charge is 2.42. The second-order valence-electron chi connectivity index (χ2n) is 7.32. The van der Waals surface area contributed by atoms with Crippen LogP contribution in [0, 0.1) is 0 Å². The molecule has 6 N–H and O–H groups in total. The first kappa shape index (κ1) is 21.1. The minimum atomic E-state index is -1.32. The molecule has 1 aliphatic heterocycles. The number of ether oxygens (including phenoxy) is 1. The molecule has 0 amide bonds. The van der Waals surface area contributed by atoms with Crippen LogP contribution in [0.5, 0.6) is 0 Å². The lowest BCUT2D eigenvalue weighted by molar-refractivity contribution is -0.485. The van der Waals surface area contributed by atoms with Gasteiger partial charge in [-0.2, -0.15) is 9.38 Å². The maximum absolute atomic E-state index is 12.6. The number of aromatic amines is 1. The van der Waals surface area contributed by atoms with Crippen molar-refractivity contribution in [1.29, 1.82) is 0 Å². The Morgan fingerprint density at radius 2 is 2.06 bits per heavy atom. The fourth-order valence-corrected chi connectivity index (χ4v) is 3.61. The average Bonchev–Trinajstić information content (AvgIpc) is 3.02. The number of aromatic nitrogens is 4. The van der Waals surface area contributed by atoms with Crippen molar-refractivity contribution in [2.45, 2.75) is 43.8 Å². The third-order valence-electron chi connectivity index (χ3n) is 5.21. The van der Waals surface area contributed by atoms with Crippen LogP contribution in [0.25, 0.3) is 16.7 Å². The van der Waals surface area contributed by atoms with Gasteiger partial charge in [-0.3, -0.25) is 9.59 Å². The molecule has 1 unspecified atom stereocenters. The van der Waals surface area contributed by atoms with Gasteiger partial charge < -0.3 is 35.5 Å². The molecule has 4 heterocycles. The van der Waals surface area contributed by atoms with Gasteiger partial charge in [0.05, 0.1) is 6.61 Å². The van der Waals surface area contributed by atoms with Crippen LogP contribution < -0.4 is 15.3 Å². The van der Waals surface area contributed by atoms with E-state index >= 15 is 0 Å². The average molecular weight is 432 g/mol. The molecule has 3 aromatic rings. The number of carbonyl (C=O) groups is 1. The number of pyridine rings is 1. The molecule has 164 valence electrons. The van der Waals surface area contributed by atoms with E-state index in [0.29, 0.717) is 24.0 Å². The van der Waals surface area contributed by atoms with Crippen LogP contribution in [0.3, 0.4) is 0 Å². The quantitative estimate of drug-likeness (QED) is 0.186. The molecule has 4 rings (SSSR count). The van der Waals surface area contributed by atoms with E-state index in [4.69, 9.17) is 9.84 Å². The van der Waals surface area contributed by atoms with Crippen LogP contribution in [0.15, 0.2) is 29.5 Å². The molecule has 0 aromatic carbocycles. The minimum Gasteiger partial charge on any atom is -0.481 e. The molecule has 0 aliphatic carbocycles. The van der Waals surface area contributed by atoms with Crippen molar-refractivity contribution in [2.24, 2.45) is 0 Å². The Balaban J connectivity index is 1.72. The van der Waals surface area contributed by atoms with Gasteiger partial charge in [0.15, 0.2) is 23.1 Å². The smallest absolute Gasteiger partial charge is 0.357 e. The van der Waals surface area contributed by atoms with E-state index in [2.05, 4.69) is 20.3 Å². The molecular formula is C19H22N5O7+. The monoisotopic (exact) mass is 432 g/mol. The van der Waals surface area contributed by atoms with E-state index in [1.165, 1.54) is 6.33 Å². The molecule has 31 heavy (non-hydrogen) atoms. The van der Waals surface area contributed by atoms with Crippen molar-refractivity contribution in [3.8, 4) is 0 Å². The summed E-state index contributed by atoms with van der Waals surface area (Å²) < 4.78 is 7.01. The molecular weight excluding hydrogens is 410 g/mol. The van der Waals surface area contributed by atoms with Crippen molar-refractivity contribution in [3.63, 3.8) is 0 Å². The number of aliphatic hydroxyl groups excluding tert-OH is 3. The van der Waals surface area contributed by atoms with Crippen molar-refractivity contribution in [1.82, 2.24) is 15.0 Å². The molecule has 4 atom stereocenters. The Bertz CT molecular complexity index is 1180. The van der Waals surface area contributed by atoms with E-state index in [-0.39, 0.29) is 17.8 Å². The highest BCUT2D eigenvalue weighted by Crippen LogP contribution is 2.24. The minimum absolute atomic E-state index is 0.0411. The van der Waals surface area contributed by atoms with Crippen LogP contribution in [0.2, 0.25) is 0 Å². The number of rotatable bonds is 7. The summed E-state index contributed by atoms with van der Waals surface area (Å²) in [6.07, 6.45) is -0.607. The van der Waals surface area contributed by atoms with Crippen LogP contribution in [0.1, 0.15) is 18.4 Å². The summed E-state index contributed by atoms with van der Waals surface area (Å²) in [4.78, 5) is 34.5. The topological polar surface area (TPSA) is 182 Å². The Hall–Kier alpha value is -3.19. The lowest BCUT2D eigenvalue weighted by Gasteiger charge is -2.16. The summed E-state index contributed by atoms with van der Waals surface area (Å²) in [5.41, 5.74) is 1.40. The predicted octanol–water partition coefficient (Wildman–Crippen LogP) is -1.68. The molecule has 0 saturated carbocycles. The fourth-order valence-electron chi connectivity index (χ4n) is 3.61. The first-order valence-electron chi connectivity index (χ1n) is 9.71. The molecule has 1 aliphatic rings. The van der Waals surface area contributed by atoms with Crippen molar-refractivity contribution >= 4 is 28.5 Å². The number of hydrogen-bond donors (Lipinski definition) is 6.